The molecule has 0 atom stereocenters. The van der Waals surface area contributed by atoms with Crippen molar-refractivity contribution in [2.45, 2.75) is 56.8 Å². The third-order valence-corrected chi connectivity index (χ3v) is 3.22. The van der Waals surface area contributed by atoms with Crippen LogP contribution in [0, 0.1) is 0 Å². The number of hydrogen-bond donors (Lipinski definition) is 2. The molecule has 0 aliphatic heterocycles. The second-order valence-electron chi connectivity index (χ2n) is 4.75. The number of rotatable bonds is 7. The molecule has 0 spiro atoms. The van der Waals surface area contributed by atoms with Gasteiger partial charge in [0.05, 0.1) is 0 Å². The number of ether oxygens (including phenoxy) is 1. The average Bonchev–Trinajstić information content (AvgIpc) is 2.39. The molecule has 1 aromatic rings. The van der Waals surface area contributed by atoms with E-state index in [1.165, 1.54) is 44.1 Å². The molecule has 0 fully saturated rings. The number of thiol groups is 1. The van der Waals surface area contributed by atoms with Gasteiger partial charge in [0, 0.05) is 19.1 Å². The molecular weight excluding hydrogens is 256 g/mol. The highest BCUT2D eigenvalue weighted by Crippen LogP contribution is 2.22. The van der Waals surface area contributed by atoms with Crippen LogP contribution in [0.2, 0.25) is 0 Å². The minimum atomic E-state index is 0.273. The van der Waals surface area contributed by atoms with Gasteiger partial charge in [-0.3, -0.25) is 0 Å². The largest absolute Gasteiger partial charge is 0.507 e. The summed E-state index contributed by atoms with van der Waals surface area (Å²) in [5.74, 6) is 0.273. The summed E-state index contributed by atoms with van der Waals surface area (Å²) < 4.78 is 4.25. The maximum Gasteiger partial charge on any atom is 0.128 e. The van der Waals surface area contributed by atoms with E-state index in [-0.39, 0.29) is 5.75 Å². The molecular formula is C16H28O2S. The van der Waals surface area contributed by atoms with Gasteiger partial charge in [-0.15, -0.1) is 12.6 Å². The smallest absolute Gasteiger partial charge is 0.128 e. The van der Waals surface area contributed by atoms with E-state index in [4.69, 9.17) is 0 Å². The number of phenols is 1. The minimum Gasteiger partial charge on any atom is -0.507 e. The van der Waals surface area contributed by atoms with Gasteiger partial charge >= 0.3 is 0 Å². The number of aryl methyl sites for hydroxylation is 1. The molecule has 0 unspecified atom stereocenters. The maximum atomic E-state index is 9.34. The molecule has 1 aromatic carbocycles. The number of phenolic OH excluding ortho intramolecular Hbond substituents is 1. The van der Waals surface area contributed by atoms with Crippen LogP contribution >= 0.6 is 12.6 Å². The Labute approximate surface area is 123 Å². The summed E-state index contributed by atoms with van der Waals surface area (Å²) in [6, 6.07) is 5.68. The van der Waals surface area contributed by atoms with Gasteiger partial charge in [0.1, 0.15) is 5.75 Å². The summed E-state index contributed by atoms with van der Waals surface area (Å²) in [7, 11) is 3.25. The molecule has 0 saturated heterocycles. The third-order valence-electron chi connectivity index (χ3n) is 2.86. The molecule has 0 bridgehead atoms. The van der Waals surface area contributed by atoms with Crippen molar-refractivity contribution < 1.29 is 9.84 Å². The lowest BCUT2D eigenvalue weighted by Gasteiger charge is -2.04. The summed E-state index contributed by atoms with van der Waals surface area (Å²) >= 11 is 4.21. The highest BCUT2D eigenvalue weighted by Gasteiger charge is 1.99. The van der Waals surface area contributed by atoms with Crippen molar-refractivity contribution >= 4 is 12.6 Å². The minimum absolute atomic E-state index is 0.273. The Hall–Kier alpha value is -0.670. The first-order chi connectivity index (χ1) is 9.15. The molecule has 0 aliphatic rings. The molecule has 0 aromatic heterocycles. The normalized spacial score (nSPS) is 9.89. The van der Waals surface area contributed by atoms with Gasteiger partial charge in [0.15, 0.2) is 0 Å². The molecule has 110 valence electrons. The van der Waals surface area contributed by atoms with Crippen LogP contribution in [0.4, 0.5) is 0 Å². The fraction of sp³-hybridized carbons (Fsp3) is 0.625. The van der Waals surface area contributed by atoms with E-state index < -0.39 is 0 Å². The van der Waals surface area contributed by atoms with Crippen LogP contribution in [-0.2, 0) is 11.2 Å². The van der Waals surface area contributed by atoms with E-state index in [0.29, 0.717) is 4.90 Å². The average molecular weight is 284 g/mol. The highest BCUT2D eigenvalue weighted by atomic mass is 32.1. The maximum absolute atomic E-state index is 9.34. The predicted molar refractivity (Wildman–Crippen MR) is 85.4 cm³/mol. The molecule has 0 radical (unpaired) electrons. The quantitative estimate of drug-likeness (QED) is 0.554. The zero-order valence-electron chi connectivity index (χ0n) is 12.5. The topological polar surface area (TPSA) is 29.5 Å². The molecule has 0 amide bonds. The number of unbranched alkanes of at least 4 members (excludes halogenated alkanes) is 5. The first-order valence-electron chi connectivity index (χ1n) is 7.06. The van der Waals surface area contributed by atoms with Crippen LogP contribution in [0.15, 0.2) is 23.1 Å². The lowest BCUT2D eigenvalue weighted by atomic mass is 10.0. The molecule has 3 heteroatoms. The summed E-state index contributed by atoms with van der Waals surface area (Å²) in [6.45, 7) is 2.24. The Morgan fingerprint density at radius 2 is 1.63 bits per heavy atom. The molecule has 2 nitrogen and oxygen atoms in total. The lowest BCUT2D eigenvalue weighted by molar-refractivity contribution is 0.277. The van der Waals surface area contributed by atoms with E-state index in [0.717, 1.165) is 6.42 Å². The van der Waals surface area contributed by atoms with Gasteiger partial charge in [-0.1, -0.05) is 45.1 Å². The summed E-state index contributed by atoms with van der Waals surface area (Å²) in [4.78, 5) is 0.684. The molecule has 19 heavy (non-hydrogen) atoms. The van der Waals surface area contributed by atoms with Crippen molar-refractivity contribution in [3.63, 3.8) is 0 Å². The summed E-state index contributed by atoms with van der Waals surface area (Å²) in [6.07, 6.45) is 9.02. The third kappa shape index (κ3) is 9.85. The second kappa shape index (κ2) is 12.4. The summed E-state index contributed by atoms with van der Waals surface area (Å²) in [5, 5.41) is 9.34. The van der Waals surface area contributed by atoms with Crippen molar-refractivity contribution in [2.75, 3.05) is 14.2 Å². The van der Waals surface area contributed by atoms with E-state index in [2.05, 4.69) is 24.3 Å². The van der Waals surface area contributed by atoms with Crippen molar-refractivity contribution in [1.29, 1.82) is 0 Å². The first-order valence-corrected chi connectivity index (χ1v) is 7.51. The number of benzene rings is 1. The first kappa shape index (κ1) is 18.3. The van der Waals surface area contributed by atoms with Crippen molar-refractivity contribution in [3.8, 4) is 5.75 Å². The Balaban J connectivity index is 0.000000982. The number of methoxy groups -OCH3 is 1. The van der Waals surface area contributed by atoms with E-state index in [9.17, 15) is 5.11 Å². The lowest BCUT2D eigenvalue weighted by Crippen LogP contribution is -1.86. The Bertz CT molecular complexity index is 327. The Kier molecular flexibility index (Phi) is 11.9. The van der Waals surface area contributed by atoms with Crippen molar-refractivity contribution in [3.05, 3.63) is 23.8 Å². The molecule has 0 saturated carbocycles. The fourth-order valence-electron chi connectivity index (χ4n) is 1.83. The summed E-state index contributed by atoms with van der Waals surface area (Å²) in [5.41, 5.74) is 1.28. The molecule has 0 heterocycles. The van der Waals surface area contributed by atoms with Gasteiger partial charge in [0.2, 0.25) is 0 Å². The van der Waals surface area contributed by atoms with Crippen LogP contribution < -0.4 is 0 Å². The van der Waals surface area contributed by atoms with Crippen LogP contribution in [-0.4, -0.2) is 19.3 Å². The highest BCUT2D eigenvalue weighted by molar-refractivity contribution is 7.80. The van der Waals surface area contributed by atoms with Crippen LogP contribution in [0.5, 0.6) is 5.75 Å². The van der Waals surface area contributed by atoms with E-state index in [1.807, 2.05) is 12.1 Å². The Morgan fingerprint density at radius 3 is 2.21 bits per heavy atom. The second-order valence-corrected chi connectivity index (χ2v) is 5.23. The van der Waals surface area contributed by atoms with Gasteiger partial charge in [0.25, 0.3) is 0 Å². The van der Waals surface area contributed by atoms with Crippen LogP contribution in [0.1, 0.15) is 51.0 Å². The van der Waals surface area contributed by atoms with Crippen molar-refractivity contribution in [2.24, 2.45) is 0 Å². The molecule has 1 N–H and O–H groups in total. The van der Waals surface area contributed by atoms with Gasteiger partial charge in [-0.05, 0) is 30.5 Å². The van der Waals surface area contributed by atoms with Gasteiger partial charge in [-0.2, -0.15) is 0 Å². The van der Waals surface area contributed by atoms with E-state index in [1.54, 1.807) is 20.3 Å². The van der Waals surface area contributed by atoms with E-state index >= 15 is 0 Å². The van der Waals surface area contributed by atoms with Crippen LogP contribution in [0.3, 0.4) is 0 Å². The SMILES string of the molecule is CCCCCCCCc1ccc(O)c(S)c1.COC. The zero-order valence-corrected chi connectivity index (χ0v) is 13.4. The van der Waals surface area contributed by atoms with Crippen molar-refractivity contribution in [1.82, 2.24) is 0 Å². The van der Waals surface area contributed by atoms with Gasteiger partial charge < -0.3 is 9.84 Å². The molecule has 0 aliphatic carbocycles. The fourth-order valence-corrected chi connectivity index (χ4v) is 2.07. The molecule has 1 rings (SSSR count). The number of aromatic hydroxyl groups is 1. The number of hydrogen-bond acceptors (Lipinski definition) is 3. The predicted octanol–water partition coefficient (Wildman–Crippen LogP) is 4.85. The standard InChI is InChI=1S/C14H22OS.C2H6O/c1-2-3-4-5-6-7-8-12-9-10-13(15)14(16)11-12;1-3-2/h9-11,15-16H,2-8H2,1H3;1-2H3. The van der Waals surface area contributed by atoms with Crippen LogP contribution in [0.25, 0.3) is 0 Å². The monoisotopic (exact) mass is 284 g/mol. The van der Waals surface area contributed by atoms with Gasteiger partial charge in [-0.25, -0.2) is 0 Å². The Morgan fingerprint density at radius 1 is 1.05 bits per heavy atom. The zero-order chi connectivity index (χ0) is 14.5.